The van der Waals surface area contributed by atoms with Crippen molar-refractivity contribution >= 4 is 44.5 Å². The highest BCUT2D eigenvalue weighted by Gasteiger charge is 2.55. The molecule has 2 aliphatic rings. The number of halogens is 1. The summed E-state index contributed by atoms with van der Waals surface area (Å²) in [6.07, 6.45) is 6.63. The van der Waals surface area contributed by atoms with Crippen LogP contribution in [0.25, 0.3) is 0 Å². The third kappa shape index (κ3) is 3.54. The van der Waals surface area contributed by atoms with Crippen molar-refractivity contribution in [2.75, 3.05) is 5.75 Å². The fourth-order valence-corrected chi connectivity index (χ4v) is 8.45. The summed E-state index contributed by atoms with van der Waals surface area (Å²) in [4.78, 5) is 18.1. The summed E-state index contributed by atoms with van der Waals surface area (Å²) in [7, 11) is -3.54. The van der Waals surface area contributed by atoms with Crippen LogP contribution < -0.4 is 11.1 Å². The first-order valence-electron chi connectivity index (χ1n) is 9.71. The van der Waals surface area contributed by atoms with Gasteiger partial charge in [-0.1, -0.05) is 36.0 Å². The van der Waals surface area contributed by atoms with Gasteiger partial charge in [0, 0.05) is 12.1 Å². The summed E-state index contributed by atoms with van der Waals surface area (Å²) < 4.78 is 30.4. The largest absolute Gasteiger partial charge is 0.386 e. The minimum atomic E-state index is -3.54. The zero-order valence-corrected chi connectivity index (χ0v) is 18.9. The van der Waals surface area contributed by atoms with E-state index in [0.717, 1.165) is 36.2 Å². The van der Waals surface area contributed by atoms with Crippen LogP contribution in [0.1, 0.15) is 59.1 Å². The molecule has 2 aromatic heterocycles. The smallest absolute Gasteiger partial charge is 0.261 e. The number of hydrogen-bond acceptors (Lipinski definition) is 8. The van der Waals surface area contributed by atoms with Crippen LogP contribution in [0.15, 0.2) is 28.0 Å². The monoisotopic (exact) mass is 470 g/mol. The maximum Gasteiger partial charge on any atom is 0.261 e. The highest BCUT2D eigenvalue weighted by Crippen LogP contribution is 2.47. The van der Waals surface area contributed by atoms with Crippen molar-refractivity contribution in [1.29, 1.82) is 0 Å². The second-order valence-corrected chi connectivity index (χ2v) is 11.8. The third-order valence-electron chi connectivity index (χ3n) is 5.90. The summed E-state index contributed by atoms with van der Waals surface area (Å²) in [6.45, 7) is 1.97. The lowest BCUT2D eigenvalue weighted by Crippen LogP contribution is -2.58. The highest BCUT2D eigenvalue weighted by atomic mass is 35.5. The molecule has 30 heavy (non-hydrogen) atoms. The first-order valence-corrected chi connectivity index (χ1v) is 12.6. The normalized spacial score (nSPS) is 25.1. The van der Waals surface area contributed by atoms with Gasteiger partial charge < -0.3 is 15.6 Å². The first kappa shape index (κ1) is 21.3. The van der Waals surface area contributed by atoms with Gasteiger partial charge in [0.2, 0.25) is 0 Å². The van der Waals surface area contributed by atoms with E-state index in [0.29, 0.717) is 27.6 Å². The number of amidine groups is 1. The zero-order valence-electron chi connectivity index (χ0n) is 16.5. The fourth-order valence-electron chi connectivity index (χ4n) is 4.31. The molecule has 0 aromatic carbocycles. The summed E-state index contributed by atoms with van der Waals surface area (Å²) in [6, 6.07) is 1.54. The molecule has 0 bridgehead atoms. The molecule has 162 valence electrons. The van der Waals surface area contributed by atoms with E-state index in [2.05, 4.69) is 15.5 Å². The van der Waals surface area contributed by atoms with Crippen molar-refractivity contribution in [1.82, 2.24) is 10.5 Å². The SMILES string of the molecule is C[C@@]1(c2sc(C(=O)NCc3cnoc3)cc2Cl)CS(=O)(=O)C2(CCCCC2)C(N)=N1. The number of rotatable bonds is 4. The zero-order chi connectivity index (χ0) is 21.6. The van der Waals surface area contributed by atoms with Crippen LogP contribution in [-0.2, 0) is 21.9 Å². The second-order valence-electron chi connectivity index (χ2n) is 8.09. The lowest BCUT2D eigenvalue weighted by Gasteiger charge is -2.43. The summed E-state index contributed by atoms with van der Waals surface area (Å²) in [5.41, 5.74) is 5.89. The number of amides is 1. The molecule has 4 rings (SSSR count). The number of thiophene rings is 1. The Labute approximate surface area is 183 Å². The van der Waals surface area contributed by atoms with Crippen LogP contribution in [0.4, 0.5) is 0 Å². The van der Waals surface area contributed by atoms with Gasteiger partial charge in [-0.15, -0.1) is 11.3 Å². The molecular formula is C19H23ClN4O4S2. The predicted octanol–water partition coefficient (Wildman–Crippen LogP) is 3.02. The Morgan fingerprint density at radius 1 is 1.37 bits per heavy atom. The van der Waals surface area contributed by atoms with E-state index in [1.807, 2.05) is 0 Å². The number of hydrogen-bond donors (Lipinski definition) is 2. The maximum absolute atomic E-state index is 13.4. The number of nitrogens with two attached hydrogens (primary N) is 1. The molecule has 1 fully saturated rings. The minimum Gasteiger partial charge on any atom is -0.386 e. The standard InChI is InChI=1S/C19H23ClN4O4S2/c1-18(11-30(26,27)19(17(21)24-18)5-3-2-4-6-19)15-13(20)7-14(29-15)16(25)22-8-12-9-23-28-10-12/h7,9-10H,2-6,8,11H2,1H3,(H2,21,24)(H,22,25)/t18-/m0/s1. The Hall–Kier alpha value is -1.91. The Morgan fingerprint density at radius 2 is 2.10 bits per heavy atom. The maximum atomic E-state index is 13.4. The number of sulfone groups is 1. The van der Waals surface area contributed by atoms with Gasteiger partial charge in [0.05, 0.1) is 26.7 Å². The number of aromatic nitrogens is 1. The first-order chi connectivity index (χ1) is 14.2. The van der Waals surface area contributed by atoms with E-state index in [-0.39, 0.29) is 24.0 Å². The van der Waals surface area contributed by atoms with Crippen molar-refractivity contribution in [3.63, 3.8) is 0 Å². The Balaban J connectivity index is 1.63. The number of nitrogens with one attached hydrogen (secondary N) is 1. The molecule has 1 aliphatic carbocycles. The van der Waals surface area contributed by atoms with E-state index in [1.54, 1.807) is 13.0 Å². The van der Waals surface area contributed by atoms with Gasteiger partial charge >= 0.3 is 0 Å². The second kappa shape index (κ2) is 7.65. The Morgan fingerprint density at radius 3 is 2.73 bits per heavy atom. The van der Waals surface area contributed by atoms with Crippen molar-refractivity contribution in [3.8, 4) is 0 Å². The van der Waals surface area contributed by atoms with Gasteiger partial charge in [-0.25, -0.2) is 8.42 Å². The molecule has 3 N–H and O–H groups in total. The summed E-state index contributed by atoms with van der Waals surface area (Å²) in [5.74, 6) is -0.334. The number of nitrogens with zero attached hydrogens (tertiary/aromatic N) is 2. The van der Waals surface area contributed by atoms with E-state index >= 15 is 0 Å². The van der Waals surface area contributed by atoms with E-state index < -0.39 is 20.1 Å². The fraction of sp³-hybridized carbons (Fsp3) is 0.526. The van der Waals surface area contributed by atoms with E-state index in [4.69, 9.17) is 21.9 Å². The predicted molar refractivity (Wildman–Crippen MR) is 116 cm³/mol. The van der Waals surface area contributed by atoms with Gasteiger partial charge in [0.25, 0.3) is 5.91 Å². The molecule has 0 radical (unpaired) electrons. The highest BCUT2D eigenvalue weighted by molar-refractivity contribution is 7.93. The Bertz CT molecular complexity index is 1090. The van der Waals surface area contributed by atoms with E-state index in [1.165, 1.54) is 12.5 Å². The summed E-state index contributed by atoms with van der Waals surface area (Å²) >= 11 is 7.57. The van der Waals surface area contributed by atoms with Crippen LogP contribution in [0.3, 0.4) is 0 Å². The molecular weight excluding hydrogens is 448 g/mol. The van der Waals surface area contributed by atoms with Crippen molar-refractivity contribution in [2.24, 2.45) is 10.7 Å². The van der Waals surface area contributed by atoms with Crippen LogP contribution >= 0.6 is 22.9 Å². The molecule has 1 spiro atoms. The lowest BCUT2D eigenvalue weighted by molar-refractivity contribution is 0.0955. The van der Waals surface area contributed by atoms with E-state index in [9.17, 15) is 13.2 Å². The molecule has 1 atom stereocenters. The molecule has 1 saturated carbocycles. The molecule has 2 aromatic rings. The molecule has 0 unspecified atom stereocenters. The van der Waals surface area contributed by atoms with Gasteiger partial charge in [-0.05, 0) is 25.8 Å². The quantitative estimate of drug-likeness (QED) is 0.706. The molecule has 1 aliphatic heterocycles. The lowest BCUT2D eigenvalue weighted by atomic mass is 9.86. The van der Waals surface area contributed by atoms with Crippen molar-refractivity contribution in [3.05, 3.63) is 38.9 Å². The summed E-state index contributed by atoms with van der Waals surface area (Å²) in [5, 5.41) is 6.66. The van der Waals surface area contributed by atoms with Gasteiger partial charge in [0.1, 0.15) is 22.4 Å². The number of aliphatic imine (C=N–C) groups is 1. The molecule has 0 saturated heterocycles. The van der Waals surface area contributed by atoms with Crippen LogP contribution in [0.5, 0.6) is 0 Å². The molecule has 3 heterocycles. The molecule has 8 nitrogen and oxygen atoms in total. The van der Waals surface area contributed by atoms with Crippen molar-refractivity contribution < 1.29 is 17.7 Å². The number of carbonyl (C=O) groups excluding carboxylic acids is 1. The topological polar surface area (TPSA) is 128 Å². The number of carbonyl (C=O) groups is 1. The average molecular weight is 471 g/mol. The van der Waals surface area contributed by atoms with Gasteiger partial charge in [-0.3, -0.25) is 9.79 Å². The van der Waals surface area contributed by atoms with Gasteiger partial charge in [-0.2, -0.15) is 0 Å². The minimum absolute atomic E-state index is 0.166. The van der Waals surface area contributed by atoms with Crippen LogP contribution in [-0.4, -0.2) is 35.8 Å². The van der Waals surface area contributed by atoms with Gasteiger partial charge in [0.15, 0.2) is 9.84 Å². The molecule has 1 amide bonds. The van der Waals surface area contributed by atoms with Crippen molar-refractivity contribution in [2.45, 2.75) is 55.9 Å². The average Bonchev–Trinajstić information content (AvgIpc) is 3.35. The van der Waals surface area contributed by atoms with Crippen LogP contribution in [0.2, 0.25) is 5.02 Å². The van der Waals surface area contributed by atoms with Crippen LogP contribution in [0, 0.1) is 0 Å². The third-order valence-corrected chi connectivity index (χ3v) is 10.4. The molecule has 11 heteroatoms. The Kier molecular flexibility index (Phi) is 5.44.